The van der Waals surface area contributed by atoms with Crippen LogP contribution in [0, 0.1) is 12.8 Å². The predicted octanol–water partition coefficient (Wildman–Crippen LogP) is 1.33. The van der Waals surface area contributed by atoms with Crippen LogP contribution in [0.1, 0.15) is 17.9 Å². The van der Waals surface area contributed by atoms with Crippen molar-refractivity contribution in [1.82, 2.24) is 10.6 Å². The number of rotatable bonds is 5. The fourth-order valence-electron chi connectivity index (χ4n) is 2.03. The van der Waals surface area contributed by atoms with Gasteiger partial charge in [-0.25, -0.2) is 0 Å². The first-order valence-electron chi connectivity index (χ1n) is 5.81. The molecule has 1 fully saturated rings. The van der Waals surface area contributed by atoms with Crippen molar-refractivity contribution in [3.63, 3.8) is 0 Å². The smallest absolute Gasteiger partial charge is 0.105 e. The Bertz CT molecular complexity index is 290. The first-order valence-corrected chi connectivity index (χ1v) is 5.81. The lowest BCUT2D eigenvalue weighted by molar-refractivity contribution is 0.462. The first-order chi connectivity index (χ1) is 7.34. The highest BCUT2D eigenvalue weighted by Crippen LogP contribution is 2.07. The Labute approximate surface area is 91.2 Å². The van der Waals surface area contributed by atoms with Gasteiger partial charge in [0.15, 0.2) is 0 Å². The van der Waals surface area contributed by atoms with Crippen molar-refractivity contribution in [3.8, 4) is 0 Å². The molecule has 0 spiro atoms. The summed E-state index contributed by atoms with van der Waals surface area (Å²) in [5.41, 5.74) is 0. The van der Waals surface area contributed by atoms with Gasteiger partial charge in [0, 0.05) is 13.0 Å². The lowest BCUT2D eigenvalue weighted by atomic mass is 10.1. The molecular formula is C12H20N2O. The summed E-state index contributed by atoms with van der Waals surface area (Å²) in [4.78, 5) is 0. The standard InChI is InChI=1S/C12H20N2O/c1-10-2-3-12(15-10)5-7-14-9-11-4-6-13-8-11/h2-3,11,13-14H,4-9H2,1H3. The Morgan fingerprint density at radius 1 is 1.53 bits per heavy atom. The highest BCUT2D eigenvalue weighted by atomic mass is 16.3. The molecule has 1 atom stereocenters. The predicted molar refractivity (Wildman–Crippen MR) is 61.0 cm³/mol. The third-order valence-corrected chi connectivity index (χ3v) is 2.94. The molecule has 2 rings (SSSR count). The van der Waals surface area contributed by atoms with Crippen molar-refractivity contribution >= 4 is 0 Å². The van der Waals surface area contributed by atoms with Gasteiger partial charge in [-0.1, -0.05) is 0 Å². The Morgan fingerprint density at radius 2 is 2.47 bits per heavy atom. The van der Waals surface area contributed by atoms with Crippen molar-refractivity contribution in [1.29, 1.82) is 0 Å². The molecule has 0 saturated carbocycles. The van der Waals surface area contributed by atoms with Crippen LogP contribution in [-0.2, 0) is 6.42 Å². The van der Waals surface area contributed by atoms with Crippen LogP contribution < -0.4 is 10.6 Å². The Balaban J connectivity index is 1.58. The van der Waals surface area contributed by atoms with E-state index in [-0.39, 0.29) is 0 Å². The average Bonchev–Trinajstić information content (AvgIpc) is 2.84. The van der Waals surface area contributed by atoms with Gasteiger partial charge in [-0.2, -0.15) is 0 Å². The summed E-state index contributed by atoms with van der Waals surface area (Å²) in [5, 5.41) is 6.86. The lowest BCUT2D eigenvalue weighted by Crippen LogP contribution is -2.26. The molecule has 15 heavy (non-hydrogen) atoms. The van der Waals surface area contributed by atoms with Crippen molar-refractivity contribution < 1.29 is 4.42 Å². The van der Waals surface area contributed by atoms with Gasteiger partial charge in [-0.3, -0.25) is 0 Å². The normalized spacial score (nSPS) is 21.0. The molecule has 0 radical (unpaired) electrons. The minimum atomic E-state index is 0.823. The maximum atomic E-state index is 5.50. The number of nitrogens with one attached hydrogen (secondary N) is 2. The first kappa shape index (κ1) is 10.7. The van der Waals surface area contributed by atoms with Gasteiger partial charge in [-0.15, -0.1) is 0 Å². The van der Waals surface area contributed by atoms with Gasteiger partial charge in [-0.05, 0) is 51.0 Å². The van der Waals surface area contributed by atoms with E-state index < -0.39 is 0 Å². The molecule has 0 amide bonds. The minimum absolute atomic E-state index is 0.823. The molecule has 1 unspecified atom stereocenters. The summed E-state index contributed by atoms with van der Waals surface area (Å²) in [6.45, 7) is 6.49. The zero-order valence-corrected chi connectivity index (χ0v) is 9.38. The van der Waals surface area contributed by atoms with E-state index in [9.17, 15) is 0 Å². The van der Waals surface area contributed by atoms with Crippen LogP contribution in [0.4, 0.5) is 0 Å². The average molecular weight is 208 g/mol. The van der Waals surface area contributed by atoms with E-state index in [0.29, 0.717) is 0 Å². The zero-order chi connectivity index (χ0) is 10.5. The zero-order valence-electron chi connectivity index (χ0n) is 9.38. The van der Waals surface area contributed by atoms with Crippen molar-refractivity contribution in [2.45, 2.75) is 19.8 Å². The summed E-state index contributed by atoms with van der Waals surface area (Å²) in [7, 11) is 0. The molecule has 1 saturated heterocycles. The fraction of sp³-hybridized carbons (Fsp3) is 0.667. The highest BCUT2D eigenvalue weighted by Gasteiger charge is 2.13. The van der Waals surface area contributed by atoms with E-state index in [0.717, 1.165) is 36.9 Å². The maximum Gasteiger partial charge on any atom is 0.105 e. The van der Waals surface area contributed by atoms with Crippen molar-refractivity contribution in [3.05, 3.63) is 23.7 Å². The van der Waals surface area contributed by atoms with E-state index in [4.69, 9.17) is 4.42 Å². The molecule has 1 aromatic rings. The second-order valence-electron chi connectivity index (χ2n) is 4.33. The second kappa shape index (κ2) is 5.33. The van der Waals surface area contributed by atoms with Gasteiger partial charge in [0.2, 0.25) is 0 Å². The van der Waals surface area contributed by atoms with E-state index in [1.807, 2.05) is 13.0 Å². The summed E-state index contributed by atoms with van der Waals surface area (Å²) in [5.74, 6) is 2.91. The Hall–Kier alpha value is -0.800. The van der Waals surface area contributed by atoms with Gasteiger partial charge >= 0.3 is 0 Å². The van der Waals surface area contributed by atoms with Crippen LogP contribution in [0.25, 0.3) is 0 Å². The fourth-order valence-corrected chi connectivity index (χ4v) is 2.03. The quantitative estimate of drug-likeness (QED) is 0.717. The summed E-state index contributed by atoms with van der Waals surface area (Å²) < 4.78 is 5.50. The van der Waals surface area contributed by atoms with E-state index in [2.05, 4.69) is 16.7 Å². The van der Waals surface area contributed by atoms with Crippen LogP contribution in [0.5, 0.6) is 0 Å². The summed E-state index contributed by atoms with van der Waals surface area (Å²) >= 11 is 0. The van der Waals surface area contributed by atoms with E-state index >= 15 is 0 Å². The monoisotopic (exact) mass is 208 g/mol. The molecule has 3 heteroatoms. The Kier molecular flexibility index (Phi) is 3.80. The Morgan fingerprint density at radius 3 is 3.13 bits per heavy atom. The van der Waals surface area contributed by atoms with Gasteiger partial charge in [0.1, 0.15) is 11.5 Å². The molecule has 0 bridgehead atoms. The van der Waals surface area contributed by atoms with Gasteiger partial charge in [0.05, 0.1) is 0 Å². The van der Waals surface area contributed by atoms with Crippen LogP contribution in [0.15, 0.2) is 16.5 Å². The van der Waals surface area contributed by atoms with Gasteiger partial charge < -0.3 is 15.1 Å². The van der Waals surface area contributed by atoms with Crippen molar-refractivity contribution in [2.75, 3.05) is 26.2 Å². The largest absolute Gasteiger partial charge is 0.466 e. The number of aryl methyl sites for hydroxylation is 1. The molecule has 84 valence electrons. The highest BCUT2D eigenvalue weighted by molar-refractivity contribution is 5.05. The third-order valence-electron chi connectivity index (χ3n) is 2.94. The van der Waals surface area contributed by atoms with Gasteiger partial charge in [0.25, 0.3) is 0 Å². The molecule has 2 N–H and O–H groups in total. The number of furan rings is 1. The number of hydrogen-bond donors (Lipinski definition) is 2. The van der Waals surface area contributed by atoms with Crippen LogP contribution >= 0.6 is 0 Å². The van der Waals surface area contributed by atoms with E-state index in [1.165, 1.54) is 19.5 Å². The summed E-state index contributed by atoms with van der Waals surface area (Å²) in [6, 6.07) is 4.09. The van der Waals surface area contributed by atoms with Crippen LogP contribution in [0.3, 0.4) is 0 Å². The molecule has 1 aliphatic rings. The topological polar surface area (TPSA) is 37.2 Å². The third kappa shape index (κ3) is 3.36. The lowest BCUT2D eigenvalue weighted by Gasteiger charge is -2.08. The SMILES string of the molecule is Cc1ccc(CCNCC2CCNC2)o1. The van der Waals surface area contributed by atoms with Crippen LogP contribution in [-0.4, -0.2) is 26.2 Å². The molecule has 3 nitrogen and oxygen atoms in total. The van der Waals surface area contributed by atoms with E-state index in [1.54, 1.807) is 0 Å². The molecular weight excluding hydrogens is 188 g/mol. The van der Waals surface area contributed by atoms with Crippen molar-refractivity contribution in [2.24, 2.45) is 5.92 Å². The second-order valence-corrected chi connectivity index (χ2v) is 4.33. The maximum absolute atomic E-state index is 5.50. The molecule has 1 aliphatic heterocycles. The molecule has 0 aromatic carbocycles. The minimum Gasteiger partial charge on any atom is -0.466 e. The molecule has 2 heterocycles. The number of hydrogen-bond acceptors (Lipinski definition) is 3. The van der Waals surface area contributed by atoms with Crippen LogP contribution in [0.2, 0.25) is 0 Å². The molecule has 1 aromatic heterocycles. The summed E-state index contributed by atoms with van der Waals surface area (Å²) in [6.07, 6.45) is 2.31. The molecule has 0 aliphatic carbocycles.